The molecule has 0 bridgehead atoms. The van der Waals surface area contributed by atoms with Crippen molar-refractivity contribution in [1.82, 2.24) is 4.90 Å². The maximum Gasteiger partial charge on any atom is 0.309 e. The van der Waals surface area contributed by atoms with E-state index >= 15 is 0 Å². The van der Waals surface area contributed by atoms with Gasteiger partial charge in [-0.2, -0.15) is 0 Å². The van der Waals surface area contributed by atoms with Crippen LogP contribution in [0.5, 0.6) is 0 Å². The Bertz CT molecular complexity index is 1390. The molecule has 12 heteroatoms. The number of carbonyl (C=O) groups excluding carboxylic acids is 2. The molecular weight excluding hydrogens is 688 g/mol. The van der Waals surface area contributed by atoms with Gasteiger partial charge in [0.15, 0.2) is 0 Å². The van der Waals surface area contributed by atoms with Gasteiger partial charge in [-0.1, -0.05) is 68.8 Å². The van der Waals surface area contributed by atoms with Crippen molar-refractivity contribution in [3.05, 3.63) is 70.8 Å². The van der Waals surface area contributed by atoms with Crippen LogP contribution in [0.25, 0.3) is 0 Å². The zero-order valence-corrected chi connectivity index (χ0v) is 32.8. The number of ether oxygens (including phenoxy) is 4. The summed E-state index contributed by atoms with van der Waals surface area (Å²) in [6.45, 7) is 13.8. The summed E-state index contributed by atoms with van der Waals surface area (Å²) in [4.78, 5) is 27.0. The Kier molecular flexibility index (Phi) is 16.5. The van der Waals surface area contributed by atoms with Gasteiger partial charge < -0.3 is 40.0 Å². The number of epoxide rings is 1. The summed E-state index contributed by atoms with van der Waals surface area (Å²) in [6.07, 6.45) is 6.19. The third-order valence-corrected chi connectivity index (χ3v) is 10.5. The number of aliphatic hydroxyl groups excluding tert-OH is 1. The SMILES string of the molecule is CCC(OC)C(C)C1OC1C(N(CCN)Cc1ccc(Cl)cc1)C(C)(O)C=CC=C(C)C1OC(=O)CC(O)CCC(C)(O)C(OC(C)=O)C=CC1C. The highest BCUT2D eigenvalue weighted by Gasteiger charge is 2.56. The molecule has 2 heterocycles. The maximum atomic E-state index is 13.0. The lowest BCUT2D eigenvalue weighted by atomic mass is 9.85. The van der Waals surface area contributed by atoms with Gasteiger partial charge in [-0.25, -0.2) is 0 Å². The normalized spacial score (nSPS) is 30.5. The van der Waals surface area contributed by atoms with Crippen LogP contribution >= 0.6 is 11.6 Å². The molecule has 0 spiro atoms. The number of nitrogens with two attached hydrogens (primary N) is 1. The molecule has 2 aliphatic rings. The van der Waals surface area contributed by atoms with E-state index in [-0.39, 0.29) is 43.5 Å². The highest BCUT2D eigenvalue weighted by molar-refractivity contribution is 6.30. The van der Waals surface area contributed by atoms with Crippen molar-refractivity contribution in [2.45, 2.75) is 135 Å². The largest absolute Gasteiger partial charge is 0.457 e. The molecule has 2 aliphatic heterocycles. The summed E-state index contributed by atoms with van der Waals surface area (Å²) in [5.41, 5.74) is 4.96. The Morgan fingerprint density at radius 1 is 1.23 bits per heavy atom. The molecule has 0 radical (unpaired) electrons. The molecule has 11 atom stereocenters. The molecule has 1 aromatic carbocycles. The summed E-state index contributed by atoms with van der Waals surface area (Å²) in [5.74, 6) is -1.44. The molecule has 1 saturated heterocycles. The maximum absolute atomic E-state index is 13.0. The summed E-state index contributed by atoms with van der Waals surface area (Å²) in [6, 6.07) is 7.12. The molecule has 0 aliphatic carbocycles. The Morgan fingerprint density at radius 3 is 2.50 bits per heavy atom. The molecule has 1 fully saturated rings. The molecule has 11 nitrogen and oxygen atoms in total. The van der Waals surface area contributed by atoms with Crippen LogP contribution in [-0.2, 0) is 35.1 Å². The van der Waals surface area contributed by atoms with Crippen molar-refractivity contribution in [3.8, 4) is 0 Å². The van der Waals surface area contributed by atoms with Crippen LogP contribution in [-0.4, -0.2) is 106 Å². The lowest BCUT2D eigenvalue weighted by molar-refractivity contribution is -0.157. The number of esters is 2. The van der Waals surface area contributed by atoms with Gasteiger partial charge in [0.25, 0.3) is 0 Å². The minimum absolute atomic E-state index is 0.00202. The number of hydrogen-bond donors (Lipinski definition) is 4. The first-order valence-electron chi connectivity index (χ1n) is 18.3. The molecule has 0 amide bonds. The van der Waals surface area contributed by atoms with Crippen LogP contribution in [0.15, 0.2) is 60.2 Å². The number of nitrogens with zero attached hydrogens (tertiary/aromatic N) is 1. The van der Waals surface area contributed by atoms with E-state index in [1.54, 1.807) is 51.3 Å². The van der Waals surface area contributed by atoms with Gasteiger partial charge in [-0.15, -0.1) is 0 Å². The predicted molar refractivity (Wildman–Crippen MR) is 201 cm³/mol. The van der Waals surface area contributed by atoms with E-state index in [0.717, 1.165) is 12.0 Å². The fourth-order valence-corrected chi connectivity index (χ4v) is 7.34. The Hall–Kier alpha value is -2.61. The minimum Gasteiger partial charge on any atom is -0.457 e. The topological polar surface area (TPSA) is 164 Å². The predicted octanol–water partition coefficient (Wildman–Crippen LogP) is 4.88. The molecule has 52 heavy (non-hydrogen) atoms. The molecule has 5 N–H and O–H groups in total. The highest BCUT2D eigenvalue weighted by Crippen LogP contribution is 2.41. The number of methoxy groups -OCH3 is 1. The van der Waals surface area contributed by atoms with Crippen LogP contribution in [0.3, 0.4) is 0 Å². The lowest BCUT2D eigenvalue weighted by Crippen LogP contribution is -2.55. The number of hydrogen-bond acceptors (Lipinski definition) is 11. The second-order valence-corrected chi connectivity index (χ2v) is 15.3. The van der Waals surface area contributed by atoms with Crippen molar-refractivity contribution in [2.75, 3.05) is 20.2 Å². The van der Waals surface area contributed by atoms with Gasteiger partial charge in [0.2, 0.25) is 0 Å². The zero-order valence-electron chi connectivity index (χ0n) is 32.0. The van der Waals surface area contributed by atoms with Gasteiger partial charge in [-0.05, 0) is 69.4 Å². The van der Waals surface area contributed by atoms with Crippen molar-refractivity contribution in [2.24, 2.45) is 17.6 Å². The number of benzene rings is 1. The first kappa shape index (κ1) is 43.8. The number of aliphatic hydroxyl groups is 3. The smallest absolute Gasteiger partial charge is 0.309 e. The molecule has 1 aromatic rings. The standard InChI is InChI=1S/C40H61ClN2O9/c1-9-32(49-8)27(4)36-37(52-36)38(43(22-21-42)24-29-13-15-30(41)16-14-29)40(7,48)19-10-11-25(2)35-26(3)12-17-33(50-28(5)44)39(6,47)20-18-31(45)23-34(46)51-35/h10-17,19,26-27,31-33,35-38,45,47-48H,9,18,20-24,42H2,1-8H3. The Morgan fingerprint density at radius 2 is 1.90 bits per heavy atom. The van der Waals surface area contributed by atoms with Gasteiger partial charge >= 0.3 is 11.9 Å². The second kappa shape index (κ2) is 19.6. The van der Waals surface area contributed by atoms with Gasteiger partial charge in [0.1, 0.15) is 23.9 Å². The summed E-state index contributed by atoms with van der Waals surface area (Å²) in [5, 5.41) is 34.6. The highest BCUT2D eigenvalue weighted by atomic mass is 35.5. The average Bonchev–Trinajstić information content (AvgIpc) is 3.85. The number of allylic oxidation sites excluding steroid dienone is 2. The molecule has 0 saturated carbocycles. The van der Waals surface area contributed by atoms with E-state index in [9.17, 15) is 24.9 Å². The molecule has 0 aromatic heterocycles. The second-order valence-electron chi connectivity index (χ2n) is 14.9. The van der Waals surface area contributed by atoms with Crippen molar-refractivity contribution < 1.29 is 43.9 Å². The molecule has 3 rings (SSSR count). The number of carbonyl (C=O) groups is 2. The van der Waals surface area contributed by atoms with E-state index in [1.165, 1.54) is 6.92 Å². The van der Waals surface area contributed by atoms with E-state index in [2.05, 4.69) is 18.7 Å². The van der Waals surface area contributed by atoms with Crippen LogP contribution in [0.4, 0.5) is 0 Å². The lowest BCUT2D eigenvalue weighted by Gasteiger charge is -2.39. The number of halogens is 1. The summed E-state index contributed by atoms with van der Waals surface area (Å²) >= 11 is 6.17. The van der Waals surface area contributed by atoms with Crippen molar-refractivity contribution in [3.63, 3.8) is 0 Å². The van der Waals surface area contributed by atoms with E-state index in [4.69, 9.17) is 36.3 Å². The zero-order chi connectivity index (χ0) is 38.8. The summed E-state index contributed by atoms with van der Waals surface area (Å²) in [7, 11) is 1.70. The third-order valence-electron chi connectivity index (χ3n) is 10.2. The fraction of sp³-hybridized carbons (Fsp3) is 0.650. The number of rotatable bonds is 15. The van der Waals surface area contributed by atoms with Crippen molar-refractivity contribution in [1.29, 1.82) is 0 Å². The fourth-order valence-electron chi connectivity index (χ4n) is 7.21. The summed E-state index contributed by atoms with van der Waals surface area (Å²) < 4.78 is 23.4. The van der Waals surface area contributed by atoms with E-state index < -0.39 is 53.4 Å². The minimum atomic E-state index is -1.47. The third kappa shape index (κ3) is 12.5. The molecular formula is C40H61ClN2O9. The Balaban J connectivity index is 1.96. The Labute approximate surface area is 314 Å². The quantitative estimate of drug-likeness (QED) is 0.0837. The van der Waals surface area contributed by atoms with Gasteiger partial charge in [-0.3, -0.25) is 14.5 Å². The average molecular weight is 749 g/mol. The molecule has 11 unspecified atom stereocenters. The number of cyclic esters (lactones) is 1. The van der Waals surface area contributed by atoms with Crippen LogP contribution < -0.4 is 5.73 Å². The van der Waals surface area contributed by atoms with Gasteiger partial charge in [0, 0.05) is 50.5 Å². The van der Waals surface area contributed by atoms with Crippen LogP contribution in [0.1, 0.15) is 79.7 Å². The van der Waals surface area contributed by atoms with Gasteiger partial charge in [0.05, 0.1) is 36.4 Å². The first-order chi connectivity index (χ1) is 24.4. The van der Waals surface area contributed by atoms with E-state index in [0.29, 0.717) is 30.2 Å². The monoisotopic (exact) mass is 748 g/mol. The van der Waals surface area contributed by atoms with Crippen LogP contribution in [0, 0.1) is 11.8 Å². The van der Waals surface area contributed by atoms with Crippen LogP contribution in [0.2, 0.25) is 5.02 Å². The first-order valence-corrected chi connectivity index (χ1v) is 18.7. The molecule has 292 valence electrons. The van der Waals surface area contributed by atoms with Crippen molar-refractivity contribution >= 4 is 23.5 Å². The van der Waals surface area contributed by atoms with E-state index in [1.807, 2.05) is 38.1 Å².